The SMILES string of the molecule is CCCCCCCC=C1C=C(c2cc(CCCCCCCCCC)cc(CCCCCCCCCC)c2)[N+]([NH-])=C1c1cc(CCCCCCCCCC)cc(CCCCCCCCCC)c1. The molecule has 2 heteroatoms. The minimum atomic E-state index is 1.08. The van der Waals surface area contributed by atoms with Crippen molar-refractivity contribution in [2.45, 2.75) is 304 Å². The Morgan fingerprint density at radius 2 is 0.606 bits per heavy atom. The van der Waals surface area contributed by atoms with Crippen LogP contribution in [0.2, 0.25) is 0 Å². The van der Waals surface area contributed by atoms with E-state index in [9.17, 15) is 5.84 Å². The lowest BCUT2D eigenvalue weighted by atomic mass is 9.93. The molecule has 0 atom stereocenters. The highest BCUT2D eigenvalue weighted by Gasteiger charge is 2.29. The second kappa shape index (κ2) is 39.3. The normalized spacial score (nSPS) is 13.5. The Balaban J connectivity index is 1.94. The highest BCUT2D eigenvalue weighted by atomic mass is 15.3. The van der Waals surface area contributed by atoms with Crippen LogP contribution in [0.1, 0.15) is 312 Å². The molecule has 0 saturated carbocycles. The number of hydrogen-bond donors (Lipinski definition) is 0. The van der Waals surface area contributed by atoms with Crippen LogP contribution in [0.25, 0.3) is 11.5 Å². The Morgan fingerprint density at radius 1 is 0.333 bits per heavy atom. The maximum absolute atomic E-state index is 10.0. The number of benzene rings is 2. The van der Waals surface area contributed by atoms with E-state index in [1.165, 1.54) is 277 Å². The molecule has 1 aliphatic rings. The molecule has 0 spiro atoms. The third-order valence-corrected chi connectivity index (χ3v) is 14.7. The lowest BCUT2D eigenvalue weighted by molar-refractivity contribution is -0.347. The van der Waals surface area contributed by atoms with Crippen molar-refractivity contribution in [3.05, 3.63) is 93.3 Å². The van der Waals surface area contributed by atoms with Gasteiger partial charge in [0.05, 0.1) is 0 Å². The summed E-state index contributed by atoms with van der Waals surface area (Å²) in [6, 6.07) is 15.0. The number of allylic oxidation sites excluding steroid dienone is 3. The average Bonchev–Trinajstić information content (AvgIpc) is 3.66. The van der Waals surface area contributed by atoms with Gasteiger partial charge in [0.15, 0.2) is 0 Å². The second-order valence-electron chi connectivity index (χ2n) is 21.1. The maximum atomic E-state index is 10.0. The predicted octanol–water partition coefficient (Wildman–Crippen LogP) is 21.5. The Kier molecular flexibility index (Phi) is 34.3. The zero-order valence-corrected chi connectivity index (χ0v) is 44.8. The number of nitrogens with one attached hydrogen (secondary N) is 1. The Bertz CT molecular complexity index is 1510. The van der Waals surface area contributed by atoms with Gasteiger partial charge in [0, 0.05) is 22.8 Å². The highest BCUT2D eigenvalue weighted by molar-refractivity contribution is 6.15. The van der Waals surface area contributed by atoms with Gasteiger partial charge in [-0.1, -0.05) is 258 Å². The lowest BCUT2D eigenvalue weighted by Gasteiger charge is -2.14. The largest absolute Gasteiger partial charge is 0.448 e. The molecule has 2 aromatic carbocycles. The second-order valence-corrected chi connectivity index (χ2v) is 21.1. The summed E-state index contributed by atoms with van der Waals surface area (Å²) in [5.74, 6) is 10.0. The molecule has 3 rings (SSSR count). The van der Waals surface area contributed by atoms with Gasteiger partial charge >= 0.3 is 0 Å². The molecule has 0 saturated heterocycles. The van der Waals surface area contributed by atoms with Crippen LogP contribution in [0, 0.1) is 0 Å². The molecule has 0 aromatic heterocycles. The van der Waals surface area contributed by atoms with Crippen molar-refractivity contribution >= 4 is 11.4 Å². The van der Waals surface area contributed by atoms with Crippen molar-refractivity contribution in [3.63, 3.8) is 0 Å². The van der Waals surface area contributed by atoms with E-state index in [0.717, 1.165) is 43.5 Å². The zero-order chi connectivity index (χ0) is 47.1. The van der Waals surface area contributed by atoms with Crippen LogP contribution in [-0.2, 0) is 25.7 Å². The highest BCUT2D eigenvalue weighted by Crippen LogP contribution is 2.32. The summed E-state index contributed by atoms with van der Waals surface area (Å²) in [6.07, 6.45) is 60.5. The summed E-state index contributed by atoms with van der Waals surface area (Å²) in [4.78, 5) is 0. The smallest absolute Gasteiger partial charge is 0.215 e. The van der Waals surface area contributed by atoms with Crippen LogP contribution in [0.4, 0.5) is 0 Å². The summed E-state index contributed by atoms with van der Waals surface area (Å²) >= 11 is 0. The van der Waals surface area contributed by atoms with Gasteiger partial charge in [-0.2, -0.15) is 0 Å². The standard InChI is InChI=1S/C64H108N2/c1-6-11-16-21-26-30-34-39-44-56-49-57(45-40-35-31-27-22-17-12-7-2)52-61(51-56)63-55-60(48-43-38-25-20-15-10-5)64(66(63)65)62-53-58(46-41-36-32-28-23-18-13-8-3)50-59(54-62)47-42-37-33-29-24-19-14-9-4/h48-55,65H,6-47H2,1-5H3. The van der Waals surface area contributed by atoms with Crippen molar-refractivity contribution in [3.8, 4) is 0 Å². The molecule has 0 radical (unpaired) electrons. The summed E-state index contributed by atoms with van der Waals surface area (Å²) in [5, 5.41) is 0. The molecule has 1 aliphatic heterocycles. The molecular formula is C64H108N2. The van der Waals surface area contributed by atoms with E-state index in [1.54, 1.807) is 0 Å². The molecular weight excluding hydrogens is 797 g/mol. The lowest BCUT2D eigenvalue weighted by Crippen LogP contribution is -2.13. The minimum absolute atomic E-state index is 1.08. The van der Waals surface area contributed by atoms with Gasteiger partial charge in [0.1, 0.15) is 0 Å². The van der Waals surface area contributed by atoms with Crippen LogP contribution >= 0.6 is 0 Å². The first-order valence-electron chi connectivity index (χ1n) is 29.6. The molecule has 0 unspecified atom stereocenters. The number of unbranched alkanes of at least 4 members (excludes halogenated alkanes) is 33. The molecule has 0 aliphatic carbocycles. The van der Waals surface area contributed by atoms with Gasteiger partial charge in [0.2, 0.25) is 11.4 Å². The molecule has 0 bridgehead atoms. The predicted molar refractivity (Wildman–Crippen MR) is 296 cm³/mol. The fraction of sp³-hybridized carbons (Fsp3) is 0.734. The number of aryl methyl sites for hydroxylation is 4. The van der Waals surface area contributed by atoms with Crippen LogP contribution in [0.3, 0.4) is 0 Å². The van der Waals surface area contributed by atoms with Crippen molar-refractivity contribution in [1.29, 1.82) is 0 Å². The molecule has 0 amide bonds. The molecule has 0 fully saturated rings. The fourth-order valence-electron chi connectivity index (χ4n) is 10.4. The van der Waals surface area contributed by atoms with Crippen molar-refractivity contribution in [2.24, 2.45) is 0 Å². The van der Waals surface area contributed by atoms with Gasteiger partial charge < -0.3 is 5.84 Å². The van der Waals surface area contributed by atoms with E-state index in [4.69, 9.17) is 0 Å². The third-order valence-electron chi connectivity index (χ3n) is 14.7. The van der Waals surface area contributed by atoms with Crippen LogP contribution in [0.5, 0.6) is 0 Å². The first kappa shape index (κ1) is 57.7. The summed E-state index contributed by atoms with van der Waals surface area (Å²) in [7, 11) is 0. The molecule has 2 nitrogen and oxygen atoms in total. The van der Waals surface area contributed by atoms with E-state index in [1.807, 2.05) is 4.68 Å². The van der Waals surface area contributed by atoms with E-state index in [2.05, 4.69) is 83.2 Å². The summed E-state index contributed by atoms with van der Waals surface area (Å²) < 4.78 is 1.87. The van der Waals surface area contributed by atoms with E-state index in [-0.39, 0.29) is 0 Å². The monoisotopic (exact) mass is 905 g/mol. The maximum Gasteiger partial charge on any atom is 0.215 e. The van der Waals surface area contributed by atoms with Gasteiger partial charge in [-0.05, 0) is 111 Å². The zero-order valence-electron chi connectivity index (χ0n) is 44.8. The molecule has 1 heterocycles. The Labute approximate surface area is 411 Å². The van der Waals surface area contributed by atoms with E-state index in [0.29, 0.717) is 0 Å². The first-order valence-corrected chi connectivity index (χ1v) is 29.6. The molecule has 2 aromatic rings. The van der Waals surface area contributed by atoms with Gasteiger partial charge in [0.25, 0.3) is 0 Å². The van der Waals surface area contributed by atoms with Crippen LogP contribution in [0.15, 0.2) is 54.1 Å². The third kappa shape index (κ3) is 25.7. The average molecular weight is 906 g/mol. The molecule has 374 valence electrons. The van der Waals surface area contributed by atoms with Gasteiger partial charge in [-0.25, -0.2) is 4.68 Å². The summed E-state index contributed by atoms with van der Waals surface area (Å²) in [6.45, 7) is 11.6. The van der Waals surface area contributed by atoms with Gasteiger partial charge in [-0.3, -0.25) is 0 Å². The number of rotatable bonds is 44. The van der Waals surface area contributed by atoms with E-state index < -0.39 is 0 Å². The van der Waals surface area contributed by atoms with E-state index >= 15 is 0 Å². The van der Waals surface area contributed by atoms with Crippen molar-refractivity contribution in [2.75, 3.05) is 0 Å². The number of nitrogens with zero attached hydrogens (tertiary/aromatic N) is 1. The first-order chi connectivity index (χ1) is 32.5. The Morgan fingerprint density at radius 3 is 0.924 bits per heavy atom. The molecule has 66 heavy (non-hydrogen) atoms. The molecule has 1 N–H and O–H groups in total. The van der Waals surface area contributed by atoms with Crippen molar-refractivity contribution < 1.29 is 4.68 Å². The van der Waals surface area contributed by atoms with Crippen LogP contribution < -0.4 is 0 Å². The minimum Gasteiger partial charge on any atom is -0.448 e. The Hall–Kier alpha value is -2.61. The topological polar surface area (TPSA) is 26.8 Å². The summed E-state index contributed by atoms with van der Waals surface area (Å²) in [5.41, 5.74) is 11.9. The van der Waals surface area contributed by atoms with Crippen LogP contribution in [-0.4, -0.2) is 10.4 Å². The quantitative estimate of drug-likeness (QED) is 0.0468. The van der Waals surface area contributed by atoms with Crippen molar-refractivity contribution in [1.82, 2.24) is 0 Å². The number of hydrogen-bond acceptors (Lipinski definition) is 0. The van der Waals surface area contributed by atoms with Gasteiger partial charge in [-0.15, -0.1) is 0 Å². The fourth-order valence-corrected chi connectivity index (χ4v) is 10.4.